The minimum atomic E-state index is -0.229. The third-order valence-electron chi connectivity index (χ3n) is 5.87. The van der Waals surface area contributed by atoms with Gasteiger partial charge < -0.3 is 9.47 Å². The Balaban J connectivity index is 1.61. The zero-order chi connectivity index (χ0) is 15.0. The zero-order valence-electron chi connectivity index (χ0n) is 13.3. The summed E-state index contributed by atoms with van der Waals surface area (Å²) >= 11 is 0. The minimum absolute atomic E-state index is 0.140. The molecule has 0 aromatic carbocycles. The van der Waals surface area contributed by atoms with E-state index < -0.39 is 0 Å². The van der Waals surface area contributed by atoms with Crippen molar-refractivity contribution in [1.29, 1.82) is 0 Å². The molecule has 0 heterocycles. The first-order valence-electron chi connectivity index (χ1n) is 8.54. The molecule has 1 atom stereocenters. The van der Waals surface area contributed by atoms with E-state index in [0.717, 1.165) is 24.7 Å². The van der Waals surface area contributed by atoms with Crippen LogP contribution in [0.3, 0.4) is 0 Å². The average molecular weight is 292 g/mol. The molecule has 4 fully saturated rings. The molecule has 0 saturated heterocycles. The molecule has 1 unspecified atom stereocenters. The maximum Gasteiger partial charge on any atom is 0.336 e. The van der Waals surface area contributed by atoms with E-state index in [4.69, 9.17) is 9.47 Å². The van der Waals surface area contributed by atoms with E-state index >= 15 is 0 Å². The zero-order valence-corrected chi connectivity index (χ0v) is 13.3. The number of hydrogen-bond donors (Lipinski definition) is 0. The van der Waals surface area contributed by atoms with Gasteiger partial charge in [0.2, 0.25) is 0 Å². The molecule has 0 spiro atoms. The predicted octanol–water partition coefficient (Wildman–Crippen LogP) is 3.73. The van der Waals surface area contributed by atoms with Crippen LogP contribution in [0.1, 0.15) is 51.9 Å². The van der Waals surface area contributed by atoms with Crippen molar-refractivity contribution in [2.24, 2.45) is 23.7 Å². The van der Waals surface area contributed by atoms with Crippen LogP contribution < -0.4 is 0 Å². The lowest BCUT2D eigenvalue weighted by Gasteiger charge is -2.53. The van der Waals surface area contributed by atoms with Gasteiger partial charge in [0, 0.05) is 7.11 Å². The van der Waals surface area contributed by atoms with Crippen molar-refractivity contribution >= 4 is 5.97 Å². The highest BCUT2D eigenvalue weighted by Gasteiger charge is 2.50. The van der Waals surface area contributed by atoms with Gasteiger partial charge in [-0.15, -0.1) is 0 Å². The smallest absolute Gasteiger partial charge is 0.336 e. The maximum absolute atomic E-state index is 12.4. The van der Waals surface area contributed by atoms with Crippen molar-refractivity contribution in [2.75, 3.05) is 7.11 Å². The fourth-order valence-corrected chi connectivity index (χ4v) is 5.09. The number of rotatable bonds is 6. The SMILES string of the molecule is C=C(C(=O)OC1C2CC3CC(C2)CC1C3)C(CCC)OC. The third-order valence-corrected chi connectivity index (χ3v) is 5.87. The predicted molar refractivity (Wildman–Crippen MR) is 81.8 cm³/mol. The Morgan fingerprint density at radius 1 is 1.14 bits per heavy atom. The van der Waals surface area contributed by atoms with Crippen molar-refractivity contribution in [3.05, 3.63) is 12.2 Å². The van der Waals surface area contributed by atoms with E-state index in [2.05, 4.69) is 13.5 Å². The fourth-order valence-electron chi connectivity index (χ4n) is 5.09. The number of carbonyl (C=O) groups excluding carboxylic acids is 1. The van der Waals surface area contributed by atoms with E-state index in [1.165, 1.54) is 32.1 Å². The minimum Gasteiger partial charge on any atom is -0.458 e. The van der Waals surface area contributed by atoms with E-state index in [9.17, 15) is 4.79 Å². The molecule has 4 aliphatic carbocycles. The van der Waals surface area contributed by atoms with Crippen molar-refractivity contribution < 1.29 is 14.3 Å². The molecule has 4 saturated carbocycles. The Kier molecular flexibility index (Phi) is 4.39. The number of carbonyl (C=O) groups is 1. The van der Waals surface area contributed by atoms with E-state index in [0.29, 0.717) is 17.4 Å². The van der Waals surface area contributed by atoms with E-state index in [1.54, 1.807) is 7.11 Å². The molecule has 118 valence electrons. The molecule has 0 amide bonds. The first kappa shape index (κ1) is 15.1. The van der Waals surface area contributed by atoms with Crippen molar-refractivity contribution in [3.8, 4) is 0 Å². The number of methoxy groups -OCH3 is 1. The fraction of sp³-hybridized carbons (Fsp3) is 0.833. The highest BCUT2D eigenvalue weighted by molar-refractivity contribution is 5.89. The highest BCUT2D eigenvalue weighted by atomic mass is 16.5. The molecule has 3 heteroatoms. The lowest BCUT2D eigenvalue weighted by Crippen LogP contribution is -2.50. The average Bonchev–Trinajstić information content (AvgIpc) is 2.46. The number of hydrogen-bond acceptors (Lipinski definition) is 3. The summed E-state index contributed by atoms with van der Waals surface area (Å²) in [6.07, 6.45) is 8.22. The first-order valence-corrected chi connectivity index (χ1v) is 8.54. The van der Waals surface area contributed by atoms with Crippen LogP contribution in [0.2, 0.25) is 0 Å². The second kappa shape index (κ2) is 6.12. The topological polar surface area (TPSA) is 35.5 Å². The summed E-state index contributed by atoms with van der Waals surface area (Å²) < 4.78 is 11.3. The van der Waals surface area contributed by atoms with E-state index in [1.807, 2.05) is 0 Å². The van der Waals surface area contributed by atoms with Gasteiger partial charge in [-0.25, -0.2) is 4.79 Å². The van der Waals surface area contributed by atoms with Crippen LogP contribution in [0, 0.1) is 23.7 Å². The molecule has 0 radical (unpaired) electrons. The van der Waals surface area contributed by atoms with E-state index in [-0.39, 0.29) is 18.2 Å². The van der Waals surface area contributed by atoms with Crippen molar-refractivity contribution in [1.82, 2.24) is 0 Å². The Bertz CT molecular complexity index is 387. The van der Waals surface area contributed by atoms with Gasteiger partial charge in [0.25, 0.3) is 0 Å². The van der Waals surface area contributed by atoms with Gasteiger partial charge in [-0.3, -0.25) is 0 Å². The molecule has 0 aromatic heterocycles. The second-order valence-corrected chi connectivity index (χ2v) is 7.34. The largest absolute Gasteiger partial charge is 0.458 e. The van der Waals surface area contributed by atoms with Crippen molar-refractivity contribution in [3.63, 3.8) is 0 Å². The summed E-state index contributed by atoms with van der Waals surface area (Å²) in [5.74, 6) is 2.78. The lowest BCUT2D eigenvalue weighted by atomic mass is 9.55. The van der Waals surface area contributed by atoms with Gasteiger partial charge >= 0.3 is 5.97 Å². The molecule has 4 bridgehead atoms. The Labute approximate surface area is 128 Å². The van der Waals surface area contributed by atoms with Crippen LogP contribution in [0.5, 0.6) is 0 Å². The van der Waals surface area contributed by atoms with Crippen LogP contribution in [0.15, 0.2) is 12.2 Å². The van der Waals surface area contributed by atoms with Gasteiger partial charge in [0.05, 0.1) is 11.7 Å². The Hall–Kier alpha value is -0.830. The van der Waals surface area contributed by atoms with Crippen LogP contribution in [0.25, 0.3) is 0 Å². The molecule has 4 aliphatic rings. The summed E-state index contributed by atoms with van der Waals surface area (Å²) in [6.45, 7) is 6.01. The van der Waals surface area contributed by atoms with Crippen LogP contribution in [-0.2, 0) is 14.3 Å². The van der Waals surface area contributed by atoms with Crippen LogP contribution in [-0.4, -0.2) is 25.3 Å². The highest BCUT2D eigenvalue weighted by Crippen LogP contribution is 2.54. The summed E-state index contributed by atoms with van der Waals surface area (Å²) in [6, 6.07) is 0. The molecule has 21 heavy (non-hydrogen) atoms. The molecule has 3 nitrogen and oxygen atoms in total. The van der Waals surface area contributed by atoms with Crippen LogP contribution >= 0.6 is 0 Å². The second-order valence-electron chi connectivity index (χ2n) is 7.34. The summed E-state index contributed by atoms with van der Waals surface area (Å²) in [7, 11) is 1.64. The molecular weight excluding hydrogens is 264 g/mol. The normalized spacial score (nSPS) is 38.3. The number of esters is 1. The Morgan fingerprint density at radius 2 is 1.71 bits per heavy atom. The van der Waals surface area contributed by atoms with Gasteiger partial charge in [0.1, 0.15) is 6.10 Å². The summed E-state index contributed by atoms with van der Waals surface area (Å²) in [5.41, 5.74) is 0.494. The van der Waals surface area contributed by atoms with Gasteiger partial charge in [-0.2, -0.15) is 0 Å². The Morgan fingerprint density at radius 3 is 2.19 bits per heavy atom. The van der Waals surface area contributed by atoms with Gasteiger partial charge in [0.15, 0.2) is 0 Å². The van der Waals surface area contributed by atoms with Gasteiger partial charge in [-0.1, -0.05) is 19.9 Å². The monoisotopic (exact) mass is 292 g/mol. The molecule has 0 aromatic rings. The maximum atomic E-state index is 12.4. The standard InChI is InChI=1S/C18H28O3/c1-4-5-16(20-3)11(2)18(19)21-17-14-7-12-6-13(9-14)10-15(17)8-12/h12-17H,2,4-10H2,1,3H3. The molecule has 0 N–H and O–H groups in total. The third kappa shape index (κ3) is 2.90. The summed E-state index contributed by atoms with van der Waals surface area (Å²) in [4.78, 5) is 12.4. The lowest BCUT2D eigenvalue weighted by molar-refractivity contribution is -0.167. The van der Waals surface area contributed by atoms with Crippen LogP contribution in [0.4, 0.5) is 0 Å². The van der Waals surface area contributed by atoms with Gasteiger partial charge in [-0.05, 0) is 62.2 Å². The molecular formula is C18H28O3. The quantitative estimate of drug-likeness (QED) is 0.553. The molecule has 0 aliphatic heterocycles. The summed E-state index contributed by atoms with van der Waals surface area (Å²) in [5, 5.41) is 0. The number of ether oxygens (including phenoxy) is 2. The first-order chi connectivity index (χ1) is 10.1. The van der Waals surface area contributed by atoms with Crippen molar-refractivity contribution in [2.45, 2.75) is 64.1 Å². The molecule has 4 rings (SSSR count).